The number of amides is 12. The monoisotopic (exact) mass is 1920 g/mol. The largest absolute Gasteiger partial charge is 0.744 e. The molecule has 0 saturated carbocycles. The Hall–Kier alpha value is -11.8. The lowest BCUT2D eigenvalue weighted by molar-refractivity contribution is -0.433. The van der Waals surface area contributed by atoms with Crippen LogP contribution >= 0.6 is 11.8 Å². The van der Waals surface area contributed by atoms with Gasteiger partial charge in [-0.3, -0.25) is 72.4 Å². The van der Waals surface area contributed by atoms with Crippen molar-refractivity contribution in [1.29, 1.82) is 5.41 Å². The second-order valence-corrected chi connectivity index (χ2v) is 37.0. The second kappa shape index (κ2) is 53.8. The minimum atomic E-state index is -4.69. The van der Waals surface area contributed by atoms with E-state index >= 15 is 0 Å². The lowest BCUT2D eigenvalue weighted by Crippen LogP contribution is -2.59. The summed E-state index contributed by atoms with van der Waals surface area (Å²) in [5, 5.41) is 63.5. The number of fused-ring (bicyclic) bond motifs is 2. The van der Waals surface area contributed by atoms with Gasteiger partial charge in [-0.25, -0.2) is 18.0 Å². The summed E-state index contributed by atoms with van der Waals surface area (Å²) in [4.78, 5) is 185. The number of benzene rings is 3. The fourth-order valence-electron chi connectivity index (χ4n) is 14.7. The van der Waals surface area contributed by atoms with Crippen LogP contribution in [-0.4, -0.2) is 285 Å². The van der Waals surface area contributed by atoms with Crippen molar-refractivity contribution in [3.63, 3.8) is 0 Å². The zero-order valence-corrected chi connectivity index (χ0v) is 78.0. The Morgan fingerprint density at radius 3 is 1.92 bits per heavy atom. The van der Waals surface area contributed by atoms with E-state index < -0.39 is 189 Å². The van der Waals surface area contributed by atoms with Gasteiger partial charge in [0.2, 0.25) is 70.7 Å². The van der Waals surface area contributed by atoms with Crippen LogP contribution in [0.2, 0.25) is 0 Å². The van der Waals surface area contributed by atoms with Crippen molar-refractivity contribution in [3.8, 4) is 0 Å². The molecule has 133 heavy (non-hydrogen) atoms. The molecule has 20 N–H and O–H groups in total. The summed E-state index contributed by atoms with van der Waals surface area (Å²) in [7, 11) is -9.24. The Morgan fingerprint density at radius 2 is 1.26 bits per heavy atom. The first-order valence-corrected chi connectivity index (χ1v) is 47.5. The third-order valence-electron chi connectivity index (χ3n) is 21.7. The molecule has 1 unspecified atom stereocenters. The van der Waals surface area contributed by atoms with Crippen LogP contribution in [0.1, 0.15) is 155 Å². The maximum atomic E-state index is 13.9. The van der Waals surface area contributed by atoms with Crippen molar-refractivity contribution in [2.45, 2.75) is 207 Å². The van der Waals surface area contributed by atoms with Gasteiger partial charge >= 0.3 is 18.0 Å². The number of nitrogens with one attached hydrogen (secondary N) is 12. The number of hydrogen-bond acceptors (Lipinski definition) is 27. The molecule has 732 valence electrons. The number of anilines is 1. The van der Waals surface area contributed by atoms with Crippen molar-refractivity contribution in [2.75, 3.05) is 103 Å². The summed E-state index contributed by atoms with van der Waals surface area (Å²) in [5.41, 5.74) is 14.9. The number of aliphatic hydroxyl groups excluding tert-OH is 1. The third kappa shape index (κ3) is 35.6. The van der Waals surface area contributed by atoms with Crippen LogP contribution in [0.25, 0.3) is 0 Å². The number of nitrogens with two attached hydrogens (primary N) is 2. The number of carboxylic acid groups (broad SMARTS) is 2. The summed E-state index contributed by atoms with van der Waals surface area (Å²) in [6.07, 6.45) is 9.41. The zero-order valence-electron chi connectivity index (χ0n) is 75.6. The Bertz CT molecular complexity index is 4990. The van der Waals surface area contributed by atoms with E-state index in [0.717, 1.165) is 39.4 Å². The maximum absolute atomic E-state index is 13.9. The first-order valence-electron chi connectivity index (χ1n) is 43.6. The number of aliphatic hydroxyl groups is 1. The fourth-order valence-corrected chi connectivity index (χ4v) is 16.9. The molecular weight excluding hydrogens is 1800 g/mol. The summed E-state index contributed by atoms with van der Waals surface area (Å²) >= 11 is 0.819. The lowest BCUT2D eigenvalue weighted by Gasteiger charge is -2.27. The van der Waals surface area contributed by atoms with E-state index in [9.17, 15) is 108 Å². The number of rotatable bonds is 59. The zero-order chi connectivity index (χ0) is 98.3. The summed E-state index contributed by atoms with van der Waals surface area (Å²) in [5.74, 6) is -11.8. The number of alkyl carbamates (subject to hydrolysis) is 1. The molecule has 3 aliphatic heterocycles. The molecule has 46 heteroatoms. The number of carboxylic acids is 2. The van der Waals surface area contributed by atoms with Gasteiger partial charge in [-0.05, 0) is 139 Å². The average molecular weight is 1920 g/mol. The molecule has 12 amide bonds. The predicted octanol–water partition coefficient (Wildman–Crippen LogP) is 0.436. The number of aliphatic carboxylic acids is 2. The van der Waals surface area contributed by atoms with Crippen molar-refractivity contribution in [1.82, 2.24) is 63.4 Å². The van der Waals surface area contributed by atoms with Gasteiger partial charge in [-0.1, -0.05) is 82.7 Å². The van der Waals surface area contributed by atoms with Gasteiger partial charge in [0.1, 0.15) is 66.1 Å². The Labute approximate surface area is 776 Å². The highest BCUT2D eigenvalue weighted by Gasteiger charge is 2.46. The van der Waals surface area contributed by atoms with Crippen LogP contribution in [0.5, 0.6) is 0 Å². The number of imide groups is 1. The van der Waals surface area contributed by atoms with Gasteiger partial charge in [-0.2, -0.15) is 13.0 Å². The average Bonchev–Trinajstić information content (AvgIpc) is 1.59. The van der Waals surface area contributed by atoms with E-state index in [2.05, 4.69) is 63.4 Å². The number of ether oxygens (including phenoxy) is 3. The number of carbonyl (C=O) groups is 14. The number of guanidine groups is 1. The smallest absolute Gasteiger partial charge is 0.408 e. The first kappa shape index (κ1) is 110. The number of allylic oxidation sites excluding steroid dienone is 6. The number of thioether (sulfide) groups is 1. The molecule has 3 aromatic rings. The molecule has 0 aromatic heterocycles. The number of nitrogens with zero attached hydrogens (tertiary/aromatic N) is 3. The normalized spacial score (nSPS) is 16.1. The topological polar surface area (TPSA) is 657 Å². The molecule has 0 radical (unpaired) electrons. The van der Waals surface area contributed by atoms with E-state index in [0.29, 0.717) is 61.9 Å². The summed E-state index contributed by atoms with van der Waals surface area (Å²) in [6, 6.07) is 9.02. The number of likely N-dealkylation sites (tertiary alicyclic amines) is 1. The summed E-state index contributed by atoms with van der Waals surface area (Å²) < 4.78 is 88.4. The van der Waals surface area contributed by atoms with E-state index in [1.165, 1.54) is 24.3 Å². The molecule has 3 aliphatic rings. The van der Waals surface area contributed by atoms with E-state index in [1.807, 2.05) is 69.6 Å². The standard InChI is InChI=1S/C87H125N17O26S3/c1-8-102-66-31-28-56(132(122,123)124)46-58(66)86(4,5)69(102)25-14-10-15-26-70-87(6,7)59-47-57(133(125,126)127)29-32-67(59)103(70)40-19-11-16-27-71(106)91-38-41-104-75(110)48-68(82(104)118)131-53-65(83(119)120)97-72(107)34-37-93-77(113)62(30-33-76(111)112)96-74(109)52-129-44-43-128-42-39-92-73(108)49-95-78(114)63(45-54(2)3)99-79(115)60(23-17-18-35-88)98-81(117)64(50-105)100-80(116)61(24-20-36-94-84(89)90)101-85(121)130-51-55-21-12-9-13-22-55/h9-10,12-15,21-22,25-26,28-29,31-32,46-47,54,60-65,68,105H,8,11,16-20,23-24,27,30,33-45,48-53,88H2,1-7H3,(H17-,89,90,91,92,93,94,95,96,97,98,99,100,101,106,107,108,109,111,112,113,114,115,116,117,119,120,121,122,123,124,125,126,127)/t60-,61-,62-,63-,64-,65-,68?/m0/s1. The third-order valence-corrected chi connectivity index (χ3v) is 24.7. The Balaban J connectivity index is 0.865. The van der Waals surface area contributed by atoms with E-state index in [-0.39, 0.29) is 137 Å². The SMILES string of the molecule is CC[N+]1=C(/C=C/C=C/C=C2\N(CCCCCC(=O)NCCN3C(=O)CC(SC[C@H](NC(=O)CCNC(=O)[C@H](CCC(=O)O)NC(=O)COCCOCCNC(=O)CNC(=O)[C@H](CC(C)C)NC(=O)[C@H](CCCCN)NC(=O)[C@H](CO)NC(=O)[C@H](CCCNC(=N)N)NC(=O)OCc4ccccc4)C(=O)O)C3=O)c3ccc(S(=O)(=O)O)cc3C2(C)C)C(C)(C)c2cc(S(=O)(=O)[O-])ccc21. The van der Waals surface area contributed by atoms with Crippen molar-refractivity contribution in [3.05, 3.63) is 119 Å². The van der Waals surface area contributed by atoms with Gasteiger partial charge < -0.3 is 109 Å². The lowest BCUT2D eigenvalue weighted by atomic mass is 9.81. The molecule has 3 heterocycles. The molecule has 43 nitrogen and oxygen atoms in total. The molecule has 3 aromatic carbocycles. The van der Waals surface area contributed by atoms with Crippen molar-refractivity contribution >= 4 is 138 Å². The molecule has 0 aliphatic carbocycles. The molecule has 1 saturated heterocycles. The highest BCUT2D eigenvalue weighted by Crippen LogP contribution is 2.49. The highest BCUT2D eigenvalue weighted by atomic mass is 32.2. The Morgan fingerprint density at radius 1 is 0.624 bits per heavy atom. The van der Waals surface area contributed by atoms with Gasteiger partial charge in [-0.15, -0.1) is 11.8 Å². The van der Waals surface area contributed by atoms with Crippen LogP contribution < -0.4 is 74.9 Å². The summed E-state index contributed by atoms with van der Waals surface area (Å²) in [6.45, 7) is 11.4. The van der Waals surface area contributed by atoms with E-state index in [4.69, 9.17) is 31.1 Å². The van der Waals surface area contributed by atoms with Crippen LogP contribution in [-0.2, 0) is 114 Å². The first-order chi connectivity index (χ1) is 62.9. The molecule has 0 spiro atoms. The van der Waals surface area contributed by atoms with Crippen molar-refractivity contribution in [2.24, 2.45) is 17.4 Å². The maximum Gasteiger partial charge on any atom is 0.408 e. The highest BCUT2D eigenvalue weighted by molar-refractivity contribution is 8.00. The second-order valence-electron chi connectivity index (χ2n) is 33.0. The van der Waals surface area contributed by atoms with Gasteiger partial charge in [0, 0.05) is 105 Å². The van der Waals surface area contributed by atoms with Crippen LogP contribution in [0.4, 0.5) is 16.2 Å². The van der Waals surface area contributed by atoms with Crippen LogP contribution in [0.15, 0.2) is 113 Å². The molecular formula is C87H125N17O26S3. The predicted molar refractivity (Wildman–Crippen MR) is 487 cm³/mol. The van der Waals surface area contributed by atoms with Crippen molar-refractivity contribution < 1.29 is 127 Å². The fraction of sp³-hybridized carbons (Fsp3) is 0.540. The Kier molecular flexibility index (Phi) is 44.5. The van der Waals surface area contributed by atoms with Gasteiger partial charge in [0.05, 0.1) is 53.4 Å². The van der Waals surface area contributed by atoms with Gasteiger partial charge in [0.15, 0.2) is 11.7 Å². The minimum absolute atomic E-state index is 0.0152. The quantitative estimate of drug-likeness (QED) is 0.00693. The molecule has 6 rings (SSSR count). The number of carbonyl (C=O) groups excluding carboxylic acids is 12. The minimum Gasteiger partial charge on any atom is -0.744 e. The van der Waals surface area contributed by atoms with Crippen LogP contribution in [0, 0.1) is 11.3 Å². The molecule has 0 bridgehead atoms. The number of hydrogen-bond donors (Lipinski definition) is 18. The van der Waals surface area contributed by atoms with E-state index in [1.54, 1.807) is 56.3 Å². The molecule has 1 fully saturated rings. The molecule has 7 atom stereocenters. The number of unbranched alkanes of at least 4 members (excludes halogenated alkanes) is 3. The van der Waals surface area contributed by atoms with Crippen LogP contribution in [0.3, 0.4) is 0 Å². The van der Waals surface area contributed by atoms with Gasteiger partial charge in [0.25, 0.3) is 10.1 Å².